The number of hydrogen-bond donors (Lipinski definition) is 1. The van der Waals surface area contributed by atoms with E-state index in [1.807, 2.05) is 17.8 Å². The van der Waals surface area contributed by atoms with Crippen molar-refractivity contribution < 1.29 is 4.79 Å². The van der Waals surface area contributed by atoms with Crippen molar-refractivity contribution >= 4 is 17.5 Å². The Morgan fingerprint density at radius 2 is 2.47 bits per heavy atom. The molecule has 0 bridgehead atoms. The fraction of sp³-hybridized carbons (Fsp3) is 0.600. The van der Waals surface area contributed by atoms with Gasteiger partial charge in [-0.2, -0.15) is 0 Å². The Balaban J connectivity index is 2.13. The van der Waals surface area contributed by atoms with Crippen LogP contribution in [0.25, 0.3) is 0 Å². The topological polar surface area (TPSA) is 46.9 Å². The molecular formula is C10H16ClN3O. The summed E-state index contributed by atoms with van der Waals surface area (Å²) in [6.07, 6.45) is 5.71. The zero-order chi connectivity index (χ0) is 11.1. The van der Waals surface area contributed by atoms with Gasteiger partial charge < -0.3 is 9.88 Å². The van der Waals surface area contributed by atoms with Crippen molar-refractivity contribution in [3.8, 4) is 0 Å². The van der Waals surface area contributed by atoms with Crippen LogP contribution in [-0.2, 0) is 18.3 Å². The van der Waals surface area contributed by atoms with Crippen LogP contribution in [0.5, 0.6) is 0 Å². The number of amides is 1. The van der Waals surface area contributed by atoms with E-state index < -0.39 is 0 Å². The highest BCUT2D eigenvalue weighted by Crippen LogP contribution is 1.95. The van der Waals surface area contributed by atoms with Crippen LogP contribution in [0, 0.1) is 0 Å². The molecule has 0 saturated heterocycles. The molecule has 1 heterocycles. The number of carbonyl (C=O) groups excluding carboxylic acids is 1. The van der Waals surface area contributed by atoms with Gasteiger partial charge >= 0.3 is 0 Å². The minimum absolute atomic E-state index is 0.0616. The van der Waals surface area contributed by atoms with Gasteiger partial charge in [0.05, 0.1) is 12.0 Å². The number of nitrogens with one attached hydrogen (secondary N) is 1. The predicted molar refractivity (Wildman–Crippen MR) is 59.9 cm³/mol. The molecule has 1 aromatic rings. The van der Waals surface area contributed by atoms with Gasteiger partial charge in [-0.15, -0.1) is 11.6 Å². The van der Waals surface area contributed by atoms with E-state index in [0.29, 0.717) is 18.8 Å². The molecule has 0 unspecified atom stereocenters. The molecule has 4 nitrogen and oxygen atoms in total. The highest BCUT2D eigenvalue weighted by Gasteiger charge is 2.01. The highest BCUT2D eigenvalue weighted by atomic mass is 35.5. The van der Waals surface area contributed by atoms with Crippen molar-refractivity contribution in [1.29, 1.82) is 0 Å². The van der Waals surface area contributed by atoms with Gasteiger partial charge in [0, 0.05) is 38.5 Å². The first kappa shape index (κ1) is 12.0. The van der Waals surface area contributed by atoms with E-state index in [4.69, 9.17) is 11.6 Å². The highest BCUT2D eigenvalue weighted by molar-refractivity contribution is 6.17. The molecule has 1 rings (SSSR count). The molecule has 0 spiro atoms. The van der Waals surface area contributed by atoms with E-state index >= 15 is 0 Å². The summed E-state index contributed by atoms with van der Waals surface area (Å²) in [4.78, 5) is 15.4. The number of rotatable bonds is 6. The molecule has 0 fully saturated rings. The Morgan fingerprint density at radius 3 is 3.07 bits per heavy atom. The molecule has 0 aliphatic carbocycles. The van der Waals surface area contributed by atoms with E-state index in [-0.39, 0.29) is 5.91 Å². The summed E-state index contributed by atoms with van der Waals surface area (Å²) in [5, 5.41) is 2.83. The molecule has 0 radical (unpaired) electrons. The molecule has 5 heteroatoms. The summed E-state index contributed by atoms with van der Waals surface area (Å²) in [6.45, 7) is 0.637. The van der Waals surface area contributed by atoms with Crippen LogP contribution in [0.3, 0.4) is 0 Å². The van der Waals surface area contributed by atoms with Crippen LogP contribution >= 0.6 is 11.6 Å². The average Bonchev–Trinajstić information content (AvgIpc) is 2.61. The second-order valence-electron chi connectivity index (χ2n) is 3.42. The van der Waals surface area contributed by atoms with Gasteiger partial charge in [0.25, 0.3) is 0 Å². The molecule has 1 amide bonds. The fourth-order valence-corrected chi connectivity index (χ4v) is 1.38. The van der Waals surface area contributed by atoms with Crippen molar-refractivity contribution in [3.05, 3.63) is 18.2 Å². The Labute approximate surface area is 94.6 Å². The summed E-state index contributed by atoms with van der Waals surface area (Å²) < 4.78 is 1.89. The summed E-state index contributed by atoms with van der Waals surface area (Å²) >= 11 is 5.49. The Morgan fingerprint density at radius 1 is 1.67 bits per heavy atom. The molecular weight excluding hydrogens is 214 g/mol. The maximum absolute atomic E-state index is 11.2. The van der Waals surface area contributed by atoms with Gasteiger partial charge in [-0.05, 0) is 6.42 Å². The van der Waals surface area contributed by atoms with Gasteiger partial charge in [0.2, 0.25) is 5.91 Å². The number of carbonyl (C=O) groups is 1. The molecule has 0 saturated carbocycles. The number of hydrogen-bond acceptors (Lipinski definition) is 2. The maximum atomic E-state index is 11.2. The first-order valence-electron chi connectivity index (χ1n) is 5.02. The van der Waals surface area contributed by atoms with Crippen LogP contribution in [0.2, 0.25) is 0 Å². The van der Waals surface area contributed by atoms with Gasteiger partial charge in [0.1, 0.15) is 0 Å². The summed E-state index contributed by atoms with van der Waals surface area (Å²) in [5.41, 5.74) is 0.996. The quantitative estimate of drug-likeness (QED) is 0.743. The Bertz CT molecular complexity index is 311. The minimum Gasteiger partial charge on any atom is -0.356 e. The van der Waals surface area contributed by atoms with E-state index in [1.165, 1.54) is 0 Å². The molecule has 0 aliphatic rings. The number of alkyl halides is 1. The van der Waals surface area contributed by atoms with Gasteiger partial charge in [-0.3, -0.25) is 4.79 Å². The van der Waals surface area contributed by atoms with E-state index in [2.05, 4.69) is 10.3 Å². The molecule has 1 N–H and O–H groups in total. The van der Waals surface area contributed by atoms with Crippen molar-refractivity contribution in [2.24, 2.45) is 7.05 Å². The lowest BCUT2D eigenvalue weighted by atomic mass is 10.3. The molecule has 1 aromatic heterocycles. The Kier molecular flexibility index (Phi) is 5.18. The zero-order valence-corrected chi connectivity index (χ0v) is 9.63. The smallest absolute Gasteiger partial charge is 0.220 e. The summed E-state index contributed by atoms with van der Waals surface area (Å²) in [7, 11) is 1.93. The molecule has 0 aliphatic heterocycles. The number of aromatic nitrogens is 2. The average molecular weight is 230 g/mol. The van der Waals surface area contributed by atoms with Crippen molar-refractivity contribution in [1.82, 2.24) is 14.9 Å². The Hall–Kier alpha value is -1.03. The SMILES string of the molecule is Cn1cnc(CCNC(=O)CCCCl)c1. The molecule has 15 heavy (non-hydrogen) atoms. The van der Waals surface area contributed by atoms with Crippen LogP contribution in [0.4, 0.5) is 0 Å². The van der Waals surface area contributed by atoms with Crippen molar-refractivity contribution in [2.45, 2.75) is 19.3 Å². The summed E-state index contributed by atoms with van der Waals surface area (Å²) in [6, 6.07) is 0. The lowest BCUT2D eigenvalue weighted by Crippen LogP contribution is -2.25. The normalized spacial score (nSPS) is 10.3. The monoisotopic (exact) mass is 229 g/mol. The van der Waals surface area contributed by atoms with E-state index in [9.17, 15) is 4.79 Å². The van der Waals surface area contributed by atoms with E-state index in [1.54, 1.807) is 6.33 Å². The minimum atomic E-state index is 0.0616. The lowest BCUT2D eigenvalue weighted by molar-refractivity contribution is -0.121. The van der Waals surface area contributed by atoms with Crippen molar-refractivity contribution in [3.63, 3.8) is 0 Å². The second-order valence-corrected chi connectivity index (χ2v) is 3.80. The van der Waals surface area contributed by atoms with Gasteiger partial charge in [0.15, 0.2) is 0 Å². The largest absolute Gasteiger partial charge is 0.356 e. The standard InChI is InChI=1S/C10H16ClN3O/c1-14-7-9(13-8-14)4-6-12-10(15)3-2-5-11/h7-8H,2-6H2,1H3,(H,12,15). The first-order valence-corrected chi connectivity index (χ1v) is 5.55. The van der Waals surface area contributed by atoms with Crippen molar-refractivity contribution in [2.75, 3.05) is 12.4 Å². The maximum Gasteiger partial charge on any atom is 0.220 e. The molecule has 0 atom stereocenters. The molecule has 0 aromatic carbocycles. The third-order valence-corrected chi connectivity index (χ3v) is 2.27. The number of aryl methyl sites for hydroxylation is 1. The zero-order valence-electron chi connectivity index (χ0n) is 8.87. The number of halogens is 1. The summed E-state index contributed by atoms with van der Waals surface area (Å²) in [5.74, 6) is 0.597. The van der Waals surface area contributed by atoms with Crippen LogP contribution in [0.1, 0.15) is 18.5 Å². The van der Waals surface area contributed by atoms with Gasteiger partial charge in [-0.1, -0.05) is 0 Å². The fourth-order valence-electron chi connectivity index (χ4n) is 1.24. The number of imidazole rings is 1. The van der Waals surface area contributed by atoms with Crippen LogP contribution in [-0.4, -0.2) is 27.9 Å². The third kappa shape index (κ3) is 4.83. The van der Waals surface area contributed by atoms with Gasteiger partial charge in [-0.25, -0.2) is 4.98 Å². The second kappa shape index (κ2) is 6.45. The molecule has 84 valence electrons. The predicted octanol–water partition coefficient (Wildman–Crippen LogP) is 1.10. The number of nitrogens with zero attached hydrogens (tertiary/aromatic N) is 2. The van der Waals surface area contributed by atoms with Crippen LogP contribution in [0.15, 0.2) is 12.5 Å². The van der Waals surface area contributed by atoms with E-state index in [0.717, 1.165) is 18.5 Å². The first-order chi connectivity index (χ1) is 7.22. The van der Waals surface area contributed by atoms with Crippen LogP contribution < -0.4 is 5.32 Å². The lowest BCUT2D eigenvalue weighted by Gasteiger charge is -2.02. The third-order valence-electron chi connectivity index (χ3n) is 2.00.